The third-order valence-corrected chi connectivity index (χ3v) is 6.35. The second-order valence-electron chi connectivity index (χ2n) is 8.08. The van der Waals surface area contributed by atoms with E-state index >= 15 is 0 Å². The Morgan fingerprint density at radius 1 is 0.966 bits per heavy atom. The number of likely N-dealkylation sites (tertiary alicyclic amines) is 1. The van der Waals surface area contributed by atoms with Crippen molar-refractivity contribution in [2.45, 2.75) is 19.5 Å². The molecule has 0 spiro atoms. The number of carbonyl (C=O) groups excluding carboxylic acids is 3. The molecule has 1 aromatic heterocycles. The zero-order valence-electron chi connectivity index (χ0n) is 15.9. The molecule has 2 fully saturated rings. The molecule has 1 saturated heterocycles. The largest absolute Gasteiger partial charge is 0.467 e. The first-order valence-electron chi connectivity index (χ1n) is 9.99. The van der Waals surface area contributed by atoms with Gasteiger partial charge in [0, 0.05) is 6.54 Å². The lowest BCUT2D eigenvalue weighted by Crippen LogP contribution is -2.43. The highest BCUT2D eigenvalue weighted by Crippen LogP contribution is 2.52. The molecule has 29 heavy (non-hydrogen) atoms. The van der Waals surface area contributed by atoms with Gasteiger partial charge < -0.3 is 9.32 Å². The number of benzene rings is 1. The van der Waals surface area contributed by atoms with E-state index in [1.807, 2.05) is 36.4 Å². The van der Waals surface area contributed by atoms with Gasteiger partial charge in [-0.1, -0.05) is 42.5 Å². The summed E-state index contributed by atoms with van der Waals surface area (Å²) in [5.74, 6) is -0.253. The first-order valence-corrected chi connectivity index (χ1v) is 9.99. The molecule has 3 amide bonds. The molecule has 6 heteroatoms. The van der Waals surface area contributed by atoms with E-state index in [4.69, 9.17) is 4.42 Å². The highest BCUT2D eigenvalue weighted by molar-refractivity contribution is 6.08. The van der Waals surface area contributed by atoms with Crippen LogP contribution >= 0.6 is 0 Å². The van der Waals surface area contributed by atoms with E-state index in [1.54, 1.807) is 17.2 Å². The van der Waals surface area contributed by atoms with Gasteiger partial charge in [0.2, 0.25) is 17.7 Å². The van der Waals surface area contributed by atoms with Crippen molar-refractivity contribution in [3.63, 3.8) is 0 Å². The third kappa shape index (κ3) is 3.09. The number of allylic oxidation sites excluding steroid dienone is 2. The van der Waals surface area contributed by atoms with Crippen LogP contribution in [-0.2, 0) is 27.5 Å². The summed E-state index contributed by atoms with van der Waals surface area (Å²) in [6.07, 6.45) is 6.56. The molecule has 1 aliphatic heterocycles. The van der Waals surface area contributed by atoms with Crippen molar-refractivity contribution in [3.8, 4) is 0 Å². The quantitative estimate of drug-likeness (QED) is 0.562. The van der Waals surface area contributed by atoms with Gasteiger partial charge in [-0.2, -0.15) is 0 Å². The van der Waals surface area contributed by atoms with Crippen LogP contribution in [0.2, 0.25) is 0 Å². The number of carbonyl (C=O) groups is 3. The number of nitrogens with zero attached hydrogens (tertiary/aromatic N) is 2. The zero-order valence-corrected chi connectivity index (χ0v) is 15.9. The lowest BCUT2D eigenvalue weighted by molar-refractivity contribution is -0.147. The number of hydrogen-bond acceptors (Lipinski definition) is 4. The number of fused-ring (bicyclic) bond motifs is 5. The normalized spacial score (nSPS) is 27.0. The first kappa shape index (κ1) is 17.9. The highest BCUT2D eigenvalue weighted by Gasteiger charge is 2.59. The van der Waals surface area contributed by atoms with E-state index in [-0.39, 0.29) is 54.5 Å². The predicted molar refractivity (Wildman–Crippen MR) is 104 cm³/mol. The minimum Gasteiger partial charge on any atom is -0.467 e. The zero-order chi connectivity index (χ0) is 20.0. The lowest BCUT2D eigenvalue weighted by Gasteiger charge is -2.25. The Balaban J connectivity index is 1.34. The molecule has 1 saturated carbocycles. The molecule has 1 aromatic carbocycles. The summed E-state index contributed by atoms with van der Waals surface area (Å²) in [7, 11) is 0. The van der Waals surface area contributed by atoms with Crippen LogP contribution in [-0.4, -0.2) is 34.1 Å². The van der Waals surface area contributed by atoms with Gasteiger partial charge >= 0.3 is 0 Å². The van der Waals surface area contributed by atoms with Crippen molar-refractivity contribution in [1.29, 1.82) is 0 Å². The Bertz CT molecular complexity index is 936. The smallest absolute Gasteiger partial charge is 0.243 e. The fourth-order valence-corrected chi connectivity index (χ4v) is 4.98. The molecule has 0 radical (unpaired) electrons. The van der Waals surface area contributed by atoms with Crippen molar-refractivity contribution >= 4 is 17.7 Å². The summed E-state index contributed by atoms with van der Waals surface area (Å²) in [6.45, 7) is 0.463. The topological polar surface area (TPSA) is 70.8 Å². The van der Waals surface area contributed by atoms with Crippen LogP contribution < -0.4 is 0 Å². The second kappa shape index (κ2) is 7.03. The van der Waals surface area contributed by atoms with E-state index in [9.17, 15) is 14.4 Å². The van der Waals surface area contributed by atoms with Crippen LogP contribution in [0.5, 0.6) is 0 Å². The van der Waals surface area contributed by atoms with Crippen LogP contribution in [0.25, 0.3) is 0 Å². The number of imide groups is 1. The van der Waals surface area contributed by atoms with Gasteiger partial charge in [-0.05, 0) is 36.0 Å². The number of amides is 3. The predicted octanol–water partition coefficient (Wildman–Crippen LogP) is 2.62. The van der Waals surface area contributed by atoms with Crippen LogP contribution in [0.4, 0.5) is 0 Å². The number of furan rings is 1. The summed E-state index contributed by atoms with van der Waals surface area (Å²) < 4.78 is 5.41. The van der Waals surface area contributed by atoms with E-state index in [1.165, 1.54) is 4.90 Å². The van der Waals surface area contributed by atoms with E-state index in [0.29, 0.717) is 12.3 Å². The second-order valence-corrected chi connectivity index (χ2v) is 8.08. The fraction of sp³-hybridized carbons (Fsp3) is 0.348. The monoisotopic (exact) mass is 390 g/mol. The van der Waals surface area contributed by atoms with Gasteiger partial charge in [0.25, 0.3) is 0 Å². The molecular weight excluding hydrogens is 368 g/mol. The van der Waals surface area contributed by atoms with Crippen LogP contribution in [0, 0.1) is 23.7 Å². The summed E-state index contributed by atoms with van der Waals surface area (Å²) in [5.41, 5.74) is 0.977. The van der Waals surface area contributed by atoms with Crippen molar-refractivity contribution in [2.75, 3.05) is 6.54 Å². The number of rotatable bonds is 6. The Kier molecular flexibility index (Phi) is 4.34. The average molecular weight is 390 g/mol. The Hall–Kier alpha value is -3.15. The molecule has 148 valence electrons. The van der Waals surface area contributed by atoms with Crippen molar-refractivity contribution < 1.29 is 18.8 Å². The highest BCUT2D eigenvalue weighted by atomic mass is 16.3. The maximum absolute atomic E-state index is 13.1. The van der Waals surface area contributed by atoms with E-state index < -0.39 is 0 Å². The van der Waals surface area contributed by atoms with Crippen LogP contribution in [0.3, 0.4) is 0 Å². The van der Waals surface area contributed by atoms with Gasteiger partial charge in [0.15, 0.2) is 0 Å². The molecule has 2 aromatic rings. The van der Waals surface area contributed by atoms with Gasteiger partial charge in [0.1, 0.15) is 12.3 Å². The lowest BCUT2D eigenvalue weighted by atomic mass is 9.85. The summed E-state index contributed by atoms with van der Waals surface area (Å²) in [5, 5.41) is 0. The minimum absolute atomic E-state index is 0.144. The maximum atomic E-state index is 13.1. The van der Waals surface area contributed by atoms with Gasteiger partial charge in [0.05, 0.1) is 24.6 Å². The summed E-state index contributed by atoms with van der Waals surface area (Å²) in [6, 6.07) is 13.2. The summed E-state index contributed by atoms with van der Waals surface area (Å²) >= 11 is 0. The van der Waals surface area contributed by atoms with Crippen molar-refractivity contribution in [3.05, 3.63) is 72.2 Å². The van der Waals surface area contributed by atoms with Crippen LogP contribution in [0.1, 0.15) is 17.7 Å². The number of hydrogen-bond donors (Lipinski definition) is 0. The van der Waals surface area contributed by atoms with Crippen molar-refractivity contribution in [2.24, 2.45) is 23.7 Å². The standard InChI is InChI=1S/C23H22N2O4/c26-19(14-25-22(27)20-16-8-9-17(11-16)21(20)23(25)28)24(13-18-7-4-10-29-18)12-15-5-2-1-3-6-15/h1-10,16-17,20-21H,11-14H2. The minimum atomic E-state index is -0.280. The van der Waals surface area contributed by atoms with E-state index in [2.05, 4.69) is 12.2 Å². The Morgan fingerprint density at radius 3 is 2.28 bits per heavy atom. The molecule has 2 aliphatic carbocycles. The fourth-order valence-electron chi connectivity index (χ4n) is 4.98. The van der Waals surface area contributed by atoms with Gasteiger partial charge in [-0.3, -0.25) is 19.3 Å². The molecule has 5 rings (SSSR count). The van der Waals surface area contributed by atoms with Crippen LogP contribution in [0.15, 0.2) is 65.3 Å². The molecule has 6 nitrogen and oxygen atoms in total. The maximum Gasteiger partial charge on any atom is 0.243 e. The van der Waals surface area contributed by atoms with Gasteiger partial charge in [-0.15, -0.1) is 0 Å². The Morgan fingerprint density at radius 2 is 1.66 bits per heavy atom. The molecule has 2 heterocycles. The van der Waals surface area contributed by atoms with E-state index in [0.717, 1.165) is 12.0 Å². The van der Waals surface area contributed by atoms with Crippen molar-refractivity contribution in [1.82, 2.24) is 9.80 Å². The molecule has 0 N–H and O–H groups in total. The SMILES string of the molecule is O=C(CN1C(=O)C2C3C=CC(C3)C2C1=O)N(Cc1ccccc1)Cc1ccco1. The molecule has 3 aliphatic rings. The third-order valence-electron chi connectivity index (χ3n) is 6.35. The Labute approximate surface area is 168 Å². The molecule has 2 bridgehead atoms. The molecular formula is C23H22N2O4. The average Bonchev–Trinajstić information content (AvgIpc) is 3.51. The molecule has 4 unspecified atom stereocenters. The summed E-state index contributed by atoms with van der Waals surface area (Å²) in [4.78, 5) is 41.8. The first-order chi connectivity index (χ1) is 14.1. The molecule has 4 atom stereocenters. The van der Waals surface area contributed by atoms with Gasteiger partial charge in [-0.25, -0.2) is 0 Å².